The molecule has 0 fully saturated rings. The predicted octanol–water partition coefficient (Wildman–Crippen LogP) is 3.84. The van der Waals surface area contributed by atoms with Crippen LogP contribution in [0.3, 0.4) is 0 Å². The number of nitriles is 1. The standard InChI is InChI=1S/C17H17NO3S/c1-3-13(2)15-9-5-6-10-16(15)21-22(19,20)17-11-7-4-8-14(17)12-18/h4-11,13H,3H2,1-2H3/t13-/m1/s1. The molecule has 4 nitrogen and oxygen atoms in total. The molecule has 0 aliphatic rings. The molecule has 1 atom stereocenters. The number of rotatable bonds is 5. The zero-order chi connectivity index (χ0) is 16.2. The Morgan fingerprint density at radius 3 is 2.45 bits per heavy atom. The minimum Gasteiger partial charge on any atom is -0.379 e. The quantitative estimate of drug-likeness (QED) is 0.786. The summed E-state index contributed by atoms with van der Waals surface area (Å²) in [6, 6.07) is 15.0. The molecule has 0 unspecified atom stereocenters. The fourth-order valence-electron chi connectivity index (χ4n) is 2.12. The van der Waals surface area contributed by atoms with Gasteiger partial charge in [-0.3, -0.25) is 0 Å². The van der Waals surface area contributed by atoms with Crippen LogP contribution in [0.2, 0.25) is 0 Å². The lowest BCUT2D eigenvalue weighted by molar-refractivity contribution is 0.479. The molecular formula is C17H17NO3S. The number of benzene rings is 2. The van der Waals surface area contributed by atoms with E-state index in [0.29, 0.717) is 5.75 Å². The first-order valence-corrected chi connectivity index (χ1v) is 8.43. The Kier molecular flexibility index (Phi) is 4.84. The second-order valence-electron chi connectivity index (χ2n) is 4.99. The third-order valence-electron chi connectivity index (χ3n) is 3.54. The van der Waals surface area contributed by atoms with Crippen LogP contribution in [-0.2, 0) is 10.1 Å². The molecule has 0 bridgehead atoms. The van der Waals surface area contributed by atoms with E-state index in [-0.39, 0.29) is 16.4 Å². The summed E-state index contributed by atoms with van der Waals surface area (Å²) < 4.78 is 30.2. The normalized spacial score (nSPS) is 12.4. The van der Waals surface area contributed by atoms with E-state index >= 15 is 0 Å². The van der Waals surface area contributed by atoms with Gasteiger partial charge in [-0.15, -0.1) is 0 Å². The van der Waals surface area contributed by atoms with E-state index in [0.717, 1.165) is 12.0 Å². The van der Waals surface area contributed by atoms with Gasteiger partial charge in [0.15, 0.2) is 0 Å². The van der Waals surface area contributed by atoms with E-state index in [4.69, 9.17) is 9.44 Å². The van der Waals surface area contributed by atoms with Crippen LogP contribution in [-0.4, -0.2) is 8.42 Å². The molecule has 0 heterocycles. The van der Waals surface area contributed by atoms with Gasteiger partial charge in [0.25, 0.3) is 0 Å². The summed E-state index contributed by atoms with van der Waals surface area (Å²) in [5, 5.41) is 9.06. The summed E-state index contributed by atoms with van der Waals surface area (Å²) in [6.07, 6.45) is 0.870. The van der Waals surface area contributed by atoms with E-state index in [2.05, 4.69) is 0 Å². The van der Waals surface area contributed by atoms with Crippen LogP contribution in [0, 0.1) is 11.3 Å². The van der Waals surface area contributed by atoms with Gasteiger partial charge >= 0.3 is 10.1 Å². The summed E-state index contributed by atoms with van der Waals surface area (Å²) in [6.45, 7) is 4.04. The molecule has 0 aliphatic heterocycles. The predicted molar refractivity (Wildman–Crippen MR) is 84.1 cm³/mol. The Labute approximate surface area is 131 Å². The first-order valence-electron chi connectivity index (χ1n) is 7.02. The number of hydrogen-bond donors (Lipinski definition) is 0. The smallest absolute Gasteiger partial charge is 0.340 e. The highest BCUT2D eigenvalue weighted by Crippen LogP contribution is 2.31. The maximum atomic E-state index is 12.5. The minimum atomic E-state index is -4.04. The highest BCUT2D eigenvalue weighted by Gasteiger charge is 2.22. The molecular weight excluding hydrogens is 298 g/mol. The van der Waals surface area contributed by atoms with Crippen LogP contribution >= 0.6 is 0 Å². The van der Waals surface area contributed by atoms with Gasteiger partial charge in [-0.05, 0) is 36.1 Å². The zero-order valence-corrected chi connectivity index (χ0v) is 13.3. The fourth-order valence-corrected chi connectivity index (χ4v) is 3.23. The second-order valence-corrected chi connectivity index (χ2v) is 6.51. The fraction of sp³-hybridized carbons (Fsp3) is 0.235. The van der Waals surface area contributed by atoms with Crippen molar-refractivity contribution in [1.82, 2.24) is 0 Å². The Hall–Kier alpha value is -2.32. The zero-order valence-electron chi connectivity index (χ0n) is 12.5. The van der Waals surface area contributed by atoms with Crippen molar-refractivity contribution >= 4 is 10.1 Å². The van der Waals surface area contributed by atoms with Crippen LogP contribution in [0.15, 0.2) is 53.4 Å². The van der Waals surface area contributed by atoms with Crippen LogP contribution in [0.4, 0.5) is 0 Å². The topological polar surface area (TPSA) is 67.2 Å². The molecule has 2 rings (SSSR count). The highest BCUT2D eigenvalue weighted by molar-refractivity contribution is 7.87. The Bertz CT molecular complexity index is 807. The average molecular weight is 315 g/mol. The molecule has 0 radical (unpaired) electrons. The van der Waals surface area contributed by atoms with E-state index in [1.165, 1.54) is 12.1 Å². The van der Waals surface area contributed by atoms with Gasteiger partial charge in [0.2, 0.25) is 0 Å². The first-order chi connectivity index (χ1) is 10.5. The maximum absolute atomic E-state index is 12.5. The number of hydrogen-bond acceptors (Lipinski definition) is 4. The maximum Gasteiger partial charge on any atom is 0.340 e. The summed E-state index contributed by atoms with van der Waals surface area (Å²) >= 11 is 0. The van der Waals surface area contributed by atoms with E-state index < -0.39 is 10.1 Å². The number of para-hydroxylation sites is 1. The lowest BCUT2D eigenvalue weighted by Gasteiger charge is -2.15. The molecule has 0 aromatic heterocycles. The van der Waals surface area contributed by atoms with Crippen molar-refractivity contribution in [3.8, 4) is 11.8 Å². The number of nitrogens with zero attached hydrogens (tertiary/aromatic N) is 1. The molecule has 5 heteroatoms. The van der Waals surface area contributed by atoms with E-state index in [1.54, 1.807) is 24.3 Å². The third kappa shape index (κ3) is 3.29. The van der Waals surface area contributed by atoms with Crippen LogP contribution in [0.1, 0.15) is 37.3 Å². The minimum absolute atomic E-state index is 0.0727. The lowest BCUT2D eigenvalue weighted by atomic mass is 9.98. The molecule has 0 N–H and O–H groups in total. The molecule has 2 aromatic rings. The summed E-state index contributed by atoms with van der Waals surface area (Å²) in [5.41, 5.74) is 0.909. The van der Waals surface area contributed by atoms with Gasteiger partial charge in [0, 0.05) is 0 Å². The molecule has 0 spiro atoms. The second kappa shape index (κ2) is 6.63. The Morgan fingerprint density at radius 2 is 1.77 bits per heavy atom. The van der Waals surface area contributed by atoms with Crippen molar-refractivity contribution in [2.45, 2.75) is 31.1 Å². The van der Waals surface area contributed by atoms with Crippen molar-refractivity contribution < 1.29 is 12.6 Å². The molecule has 0 saturated carbocycles. The molecule has 2 aromatic carbocycles. The van der Waals surface area contributed by atoms with Gasteiger partial charge in [0.05, 0.1) is 5.56 Å². The van der Waals surface area contributed by atoms with Crippen molar-refractivity contribution in [3.05, 3.63) is 59.7 Å². The Balaban J connectivity index is 2.45. The molecule has 0 amide bonds. The van der Waals surface area contributed by atoms with Gasteiger partial charge in [-0.25, -0.2) is 0 Å². The van der Waals surface area contributed by atoms with E-state index in [9.17, 15) is 8.42 Å². The molecule has 0 saturated heterocycles. The summed E-state index contributed by atoms with van der Waals surface area (Å²) in [5.74, 6) is 0.488. The monoisotopic (exact) mass is 315 g/mol. The lowest BCUT2D eigenvalue weighted by Crippen LogP contribution is -2.13. The van der Waals surface area contributed by atoms with Crippen molar-refractivity contribution in [1.29, 1.82) is 5.26 Å². The van der Waals surface area contributed by atoms with Gasteiger partial charge in [-0.2, -0.15) is 13.7 Å². The van der Waals surface area contributed by atoms with Crippen molar-refractivity contribution in [3.63, 3.8) is 0 Å². The van der Waals surface area contributed by atoms with Gasteiger partial charge < -0.3 is 4.18 Å². The van der Waals surface area contributed by atoms with Crippen LogP contribution in [0.25, 0.3) is 0 Å². The molecule has 0 aliphatic carbocycles. The van der Waals surface area contributed by atoms with Gasteiger partial charge in [-0.1, -0.05) is 44.2 Å². The molecule has 114 valence electrons. The SMILES string of the molecule is CC[C@@H](C)c1ccccc1OS(=O)(=O)c1ccccc1C#N. The third-order valence-corrected chi connectivity index (χ3v) is 4.83. The Morgan fingerprint density at radius 1 is 1.14 bits per heavy atom. The highest BCUT2D eigenvalue weighted by atomic mass is 32.2. The largest absolute Gasteiger partial charge is 0.379 e. The summed E-state index contributed by atoms with van der Waals surface area (Å²) in [7, 11) is -4.04. The van der Waals surface area contributed by atoms with Gasteiger partial charge in [0.1, 0.15) is 16.7 Å². The average Bonchev–Trinajstić information content (AvgIpc) is 2.54. The van der Waals surface area contributed by atoms with Crippen LogP contribution in [0.5, 0.6) is 5.75 Å². The summed E-state index contributed by atoms with van der Waals surface area (Å²) in [4.78, 5) is -0.114. The van der Waals surface area contributed by atoms with E-state index in [1.807, 2.05) is 32.0 Å². The first kappa shape index (κ1) is 16.1. The van der Waals surface area contributed by atoms with Crippen molar-refractivity contribution in [2.75, 3.05) is 0 Å². The van der Waals surface area contributed by atoms with Crippen LogP contribution < -0.4 is 4.18 Å². The van der Waals surface area contributed by atoms with Crippen molar-refractivity contribution in [2.24, 2.45) is 0 Å². The molecule has 22 heavy (non-hydrogen) atoms.